The topological polar surface area (TPSA) is 30.5 Å². The van der Waals surface area contributed by atoms with Crippen LogP contribution in [0.5, 0.6) is 0 Å². The molecule has 0 saturated carbocycles. The van der Waals surface area contributed by atoms with E-state index in [-0.39, 0.29) is 0 Å². The van der Waals surface area contributed by atoms with Crippen molar-refractivity contribution in [3.63, 3.8) is 0 Å². The Labute approximate surface area is 95.7 Å². The molecule has 0 bridgehead atoms. The van der Waals surface area contributed by atoms with Gasteiger partial charge in [0.25, 0.3) is 0 Å². The third kappa shape index (κ3) is 10.4. The van der Waals surface area contributed by atoms with Crippen LogP contribution in [0, 0.1) is 0 Å². The summed E-state index contributed by atoms with van der Waals surface area (Å²) in [7, 11) is 0.403. The van der Waals surface area contributed by atoms with Gasteiger partial charge in [-0.05, 0) is 52.0 Å². The molecule has 4 heteroatoms. The number of rotatable bonds is 10. The van der Waals surface area contributed by atoms with Crippen molar-refractivity contribution in [2.45, 2.75) is 38.9 Å². The lowest BCUT2D eigenvalue weighted by molar-refractivity contribution is 0.194. The van der Waals surface area contributed by atoms with Crippen molar-refractivity contribution in [3.05, 3.63) is 0 Å². The van der Waals surface area contributed by atoms with Gasteiger partial charge in [0.2, 0.25) is 0 Å². The molecule has 1 N–H and O–H groups in total. The zero-order chi connectivity index (χ0) is 11.6. The Hall–Kier alpha value is 0.0969. The van der Waals surface area contributed by atoms with Crippen LogP contribution in [0.15, 0.2) is 0 Å². The van der Waals surface area contributed by atoms with Crippen LogP contribution in [0.25, 0.3) is 0 Å². The summed E-state index contributed by atoms with van der Waals surface area (Å²) in [4.78, 5) is 0. The van der Waals surface area contributed by atoms with Gasteiger partial charge >= 0.3 is 0 Å². The van der Waals surface area contributed by atoms with E-state index in [0.29, 0.717) is 0 Å². The largest absolute Gasteiger partial charge is 0.418 e. The molecule has 0 amide bonds. The molecule has 0 unspecified atom stereocenters. The van der Waals surface area contributed by atoms with E-state index >= 15 is 0 Å². The molecule has 0 fully saturated rings. The third-order valence-corrected chi connectivity index (χ3v) is 5.00. The zero-order valence-electron chi connectivity index (χ0n) is 10.8. The minimum atomic E-state index is -1.34. The first-order valence-electron chi connectivity index (χ1n) is 5.96. The van der Waals surface area contributed by atoms with Gasteiger partial charge in [-0.2, -0.15) is 0 Å². The van der Waals surface area contributed by atoms with Gasteiger partial charge in [-0.25, -0.2) is 0 Å². The lowest BCUT2D eigenvalue weighted by Crippen LogP contribution is -2.31. The first-order chi connectivity index (χ1) is 7.12. The molecule has 0 rings (SSSR count). The van der Waals surface area contributed by atoms with E-state index in [0.717, 1.165) is 32.7 Å². The van der Waals surface area contributed by atoms with Crippen molar-refractivity contribution in [1.82, 2.24) is 5.32 Å². The fourth-order valence-corrected chi connectivity index (χ4v) is 3.52. The van der Waals surface area contributed by atoms with Crippen molar-refractivity contribution in [2.75, 3.05) is 33.4 Å². The average Bonchev–Trinajstić information content (AvgIpc) is 2.16. The first kappa shape index (κ1) is 15.1. The van der Waals surface area contributed by atoms with E-state index in [1.54, 1.807) is 7.11 Å². The Morgan fingerprint density at radius 2 is 1.80 bits per heavy atom. The predicted molar refractivity (Wildman–Crippen MR) is 67.9 cm³/mol. The van der Waals surface area contributed by atoms with Crippen molar-refractivity contribution in [1.29, 1.82) is 0 Å². The summed E-state index contributed by atoms with van der Waals surface area (Å²) < 4.78 is 10.7. The van der Waals surface area contributed by atoms with Gasteiger partial charge in [0.15, 0.2) is 8.32 Å². The van der Waals surface area contributed by atoms with Gasteiger partial charge < -0.3 is 14.5 Å². The van der Waals surface area contributed by atoms with Crippen molar-refractivity contribution < 1.29 is 9.16 Å². The second-order valence-corrected chi connectivity index (χ2v) is 8.70. The summed E-state index contributed by atoms with van der Waals surface area (Å²) in [5, 5.41) is 3.42. The van der Waals surface area contributed by atoms with Crippen molar-refractivity contribution >= 4 is 8.32 Å². The molecule has 0 aliphatic heterocycles. The highest BCUT2D eigenvalue weighted by molar-refractivity contribution is 6.71. The zero-order valence-corrected chi connectivity index (χ0v) is 11.8. The Morgan fingerprint density at radius 1 is 1.13 bits per heavy atom. The number of methoxy groups -OCH3 is 1. The predicted octanol–water partition coefficient (Wildman–Crippen LogP) is 2.24. The second-order valence-electron chi connectivity index (χ2n) is 4.39. The Kier molecular flexibility index (Phi) is 9.39. The van der Waals surface area contributed by atoms with E-state index < -0.39 is 8.32 Å². The van der Waals surface area contributed by atoms with Gasteiger partial charge in [0.1, 0.15) is 0 Å². The molecular formula is C11H27NO2Si. The molecule has 0 aliphatic carbocycles. The van der Waals surface area contributed by atoms with Gasteiger partial charge in [-0.1, -0.05) is 0 Å². The smallest absolute Gasteiger partial charge is 0.186 e. The van der Waals surface area contributed by atoms with Crippen LogP contribution in [0.3, 0.4) is 0 Å². The molecular weight excluding hydrogens is 206 g/mol. The van der Waals surface area contributed by atoms with Gasteiger partial charge in [-0.15, -0.1) is 0 Å². The maximum atomic E-state index is 5.77. The van der Waals surface area contributed by atoms with Crippen LogP contribution in [-0.2, 0) is 9.16 Å². The number of nitrogens with one attached hydrogen (secondary N) is 1. The highest BCUT2D eigenvalue weighted by atomic mass is 28.4. The van der Waals surface area contributed by atoms with Crippen LogP contribution >= 0.6 is 0 Å². The Balaban J connectivity index is 3.22. The molecule has 0 atom stereocenters. The van der Waals surface area contributed by atoms with Crippen molar-refractivity contribution in [2.24, 2.45) is 0 Å². The lowest BCUT2D eigenvalue weighted by Gasteiger charge is -2.21. The maximum Gasteiger partial charge on any atom is 0.186 e. The van der Waals surface area contributed by atoms with E-state index in [9.17, 15) is 0 Å². The van der Waals surface area contributed by atoms with Gasteiger partial charge in [-0.3, -0.25) is 0 Å². The molecule has 0 heterocycles. The molecule has 0 saturated heterocycles. The summed E-state index contributed by atoms with van der Waals surface area (Å²) in [6, 6.07) is 1.25. The third-order valence-electron chi connectivity index (χ3n) is 2.37. The molecule has 0 aromatic rings. The maximum absolute atomic E-state index is 5.77. The molecule has 0 aromatic carbocycles. The highest BCUT2D eigenvalue weighted by Crippen LogP contribution is 2.12. The van der Waals surface area contributed by atoms with Crippen LogP contribution < -0.4 is 5.32 Å². The molecule has 0 aliphatic rings. The average molecular weight is 233 g/mol. The molecule has 3 nitrogen and oxygen atoms in total. The van der Waals surface area contributed by atoms with Crippen molar-refractivity contribution in [3.8, 4) is 0 Å². The van der Waals surface area contributed by atoms with Gasteiger partial charge in [0, 0.05) is 20.3 Å². The van der Waals surface area contributed by atoms with Gasteiger partial charge in [0.05, 0.1) is 0 Å². The number of hydrogen-bond acceptors (Lipinski definition) is 3. The minimum absolute atomic E-state index is 0.853. The van der Waals surface area contributed by atoms with E-state index in [1.807, 2.05) is 0 Å². The van der Waals surface area contributed by atoms with E-state index in [1.165, 1.54) is 12.5 Å². The summed E-state index contributed by atoms with van der Waals surface area (Å²) >= 11 is 0. The summed E-state index contributed by atoms with van der Waals surface area (Å²) in [5.41, 5.74) is 0. The highest BCUT2D eigenvalue weighted by Gasteiger charge is 2.20. The van der Waals surface area contributed by atoms with Crippen LogP contribution in [0.1, 0.15) is 19.8 Å². The quantitative estimate of drug-likeness (QED) is 0.464. The standard InChI is InChI=1S/C11H27NO2Si/c1-5-14-15(3,4)11-7-9-12-8-6-10-13-2/h12H,5-11H2,1-4H3. The molecule has 15 heavy (non-hydrogen) atoms. The van der Waals surface area contributed by atoms with Crippen LogP contribution in [0.4, 0.5) is 0 Å². The summed E-state index contributed by atoms with van der Waals surface area (Å²) in [6.45, 7) is 10.5. The minimum Gasteiger partial charge on any atom is -0.418 e. The SMILES string of the molecule is CCO[Si](C)(C)CCCNCCCOC. The fourth-order valence-electron chi connectivity index (χ4n) is 1.57. The van der Waals surface area contributed by atoms with E-state index in [2.05, 4.69) is 25.3 Å². The first-order valence-corrected chi connectivity index (χ1v) is 9.07. The second kappa shape index (κ2) is 9.33. The monoisotopic (exact) mass is 233 g/mol. The van der Waals surface area contributed by atoms with Crippen LogP contribution in [0.2, 0.25) is 19.1 Å². The Bertz CT molecular complexity index is 143. The summed E-state index contributed by atoms with van der Waals surface area (Å²) in [6.07, 6.45) is 2.33. The van der Waals surface area contributed by atoms with Crippen LogP contribution in [-0.4, -0.2) is 41.7 Å². The molecule has 0 radical (unpaired) electrons. The number of hydrogen-bond donors (Lipinski definition) is 1. The number of ether oxygens (including phenoxy) is 1. The molecule has 0 aromatic heterocycles. The lowest BCUT2D eigenvalue weighted by atomic mass is 10.4. The molecule has 92 valence electrons. The normalized spacial score (nSPS) is 12.0. The Morgan fingerprint density at radius 3 is 2.40 bits per heavy atom. The summed E-state index contributed by atoms with van der Waals surface area (Å²) in [5.74, 6) is 0. The fraction of sp³-hybridized carbons (Fsp3) is 1.00. The molecule has 0 spiro atoms. The van der Waals surface area contributed by atoms with E-state index in [4.69, 9.17) is 9.16 Å².